The number of hydrogen-bond acceptors (Lipinski definition) is 1. The first-order chi connectivity index (χ1) is 6.09. The number of halogens is 2. The average Bonchev–Trinajstić information content (AvgIpc) is 2.32. The number of fused-ring (bicyclic) bond motifs is 1. The zero-order valence-electron chi connectivity index (χ0n) is 7.31. The van der Waals surface area contributed by atoms with Crippen molar-refractivity contribution in [3.05, 3.63) is 27.5 Å². The van der Waals surface area contributed by atoms with E-state index in [9.17, 15) is 0 Å². The molecule has 0 saturated carbocycles. The first-order valence-electron chi connectivity index (χ1n) is 3.87. The average molecular weight is 260 g/mol. The van der Waals surface area contributed by atoms with E-state index in [0.29, 0.717) is 0 Å². The van der Waals surface area contributed by atoms with Gasteiger partial charge in [-0.15, -0.1) is 0 Å². The fourth-order valence-corrected chi connectivity index (χ4v) is 1.83. The van der Waals surface area contributed by atoms with E-state index in [1.165, 1.54) is 0 Å². The van der Waals surface area contributed by atoms with E-state index < -0.39 is 0 Å². The summed E-state index contributed by atoms with van der Waals surface area (Å²) in [6.45, 7) is 1.98. The summed E-state index contributed by atoms with van der Waals surface area (Å²) in [6.07, 6.45) is 0. The molecule has 0 bridgehead atoms. The summed E-state index contributed by atoms with van der Waals surface area (Å²) in [5, 5.41) is 0.781. The zero-order valence-corrected chi connectivity index (χ0v) is 9.65. The molecule has 1 aromatic heterocycles. The quantitative estimate of drug-likeness (QED) is 0.710. The normalized spacial score (nSPS) is 11.1. The van der Waals surface area contributed by atoms with Crippen LogP contribution in [-0.4, -0.2) is 9.55 Å². The third kappa shape index (κ3) is 1.36. The van der Waals surface area contributed by atoms with Gasteiger partial charge in [-0.25, -0.2) is 4.98 Å². The smallest absolute Gasteiger partial charge is 0.177 e. The van der Waals surface area contributed by atoms with Crippen LogP contribution in [0.25, 0.3) is 11.0 Å². The summed E-state index contributed by atoms with van der Waals surface area (Å²) in [5.41, 5.74) is 3.07. The van der Waals surface area contributed by atoms with E-state index in [4.69, 9.17) is 11.6 Å². The van der Waals surface area contributed by atoms with Gasteiger partial charge in [-0.05, 0) is 40.5 Å². The largest absolute Gasteiger partial charge is 0.322 e. The monoisotopic (exact) mass is 258 g/mol. The summed E-state index contributed by atoms with van der Waals surface area (Å²) in [4.78, 5) is 4.34. The number of hydrogen-bond donors (Lipinski definition) is 0. The molecule has 1 heterocycles. The van der Waals surface area contributed by atoms with E-state index in [2.05, 4.69) is 20.9 Å². The van der Waals surface area contributed by atoms with Crippen molar-refractivity contribution >= 4 is 38.6 Å². The number of aromatic nitrogens is 2. The number of nitrogens with zero attached hydrogens (tertiary/aromatic N) is 2. The van der Waals surface area contributed by atoms with E-state index in [-0.39, 0.29) is 0 Å². The highest BCUT2D eigenvalue weighted by Crippen LogP contribution is 2.25. The molecule has 2 nitrogen and oxygen atoms in total. The molecule has 0 aliphatic carbocycles. The van der Waals surface area contributed by atoms with Crippen molar-refractivity contribution in [1.82, 2.24) is 9.55 Å². The Bertz CT molecular complexity index is 476. The molecule has 1 aromatic carbocycles. The van der Waals surface area contributed by atoms with Crippen LogP contribution in [0.4, 0.5) is 0 Å². The fraction of sp³-hybridized carbons (Fsp3) is 0.222. The minimum absolute atomic E-state index is 0.781. The predicted octanol–water partition coefficient (Wildman–Crippen LogP) is 3.30. The lowest BCUT2D eigenvalue weighted by atomic mass is 10.2. The summed E-state index contributed by atoms with van der Waals surface area (Å²) in [7, 11) is 1.95. The molecule has 4 heteroatoms. The number of aryl methyl sites for hydroxylation is 2. The van der Waals surface area contributed by atoms with Gasteiger partial charge in [0, 0.05) is 12.1 Å². The standard InChI is InChI=1S/C9H8BrClN2/c1-5-3-7-8(4-6(5)11)13(2)9(10)12-7/h3-4H,1-2H3. The minimum atomic E-state index is 0.781. The van der Waals surface area contributed by atoms with Gasteiger partial charge in [-0.2, -0.15) is 0 Å². The molecule has 0 spiro atoms. The second kappa shape index (κ2) is 3.00. The van der Waals surface area contributed by atoms with Crippen molar-refractivity contribution in [2.45, 2.75) is 6.92 Å². The molecule has 0 saturated heterocycles. The third-order valence-electron chi connectivity index (χ3n) is 2.11. The van der Waals surface area contributed by atoms with Gasteiger partial charge in [0.05, 0.1) is 11.0 Å². The SMILES string of the molecule is Cc1cc2nc(Br)n(C)c2cc1Cl. The molecule has 0 aliphatic heterocycles. The maximum atomic E-state index is 6.01. The lowest BCUT2D eigenvalue weighted by Gasteiger charge is -1.98. The summed E-state index contributed by atoms with van der Waals surface area (Å²) in [6, 6.07) is 3.92. The van der Waals surface area contributed by atoms with Crippen molar-refractivity contribution in [1.29, 1.82) is 0 Å². The lowest BCUT2D eigenvalue weighted by molar-refractivity contribution is 0.912. The third-order valence-corrected chi connectivity index (χ3v) is 3.22. The predicted molar refractivity (Wildman–Crippen MR) is 58.2 cm³/mol. The number of rotatable bonds is 0. The van der Waals surface area contributed by atoms with E-state index in [1.807, 2.05) is 30.7 Å². The van der Waals surface area contributed by atoms with E-state index in [1.54, 1.807) is 0 Å². The van der Waals surface area contributed by atoms with Crippen LogP contribution >= 0.6 is 27.5 Å². The van der Waals surface area contributed by atoms with Crippen LogP contribution in [0.2, 0.25) is 5.02 Å². The minimum Gasteiger partial charge on any atom is -0.322 e. The molecule has 0 aliphatic rings. The first-order valence-corrected chi connectivity index (χ1v) is 5.05. The molecule has 0 amide bonds. The summed E-state index contributed by atoms with van der Waals surface area (Å²) >= 11 is 9.38. The summed E-state index contributed by atoms with van der Waals surface area (Å²) < 4.78 is 2.78. The molecule has 0 fully saturated rings. The Labute approximate surface area is 89.7 Å². The van der Waals surface area contributed by atoms with Gasteiger partial charge < -0.3 is 4.57 Å². The summed E-state index contributed by atoms with van der Waals surface area (Å²) in [5.74, 6) is 0. The highest BCUT2D eigenvalue weighted by atomic mass is 79.9. The van der Waals surface area contributed by atoms with E-state index in [0.717, 1.165) is 26.4 Å². The number of imidazole rings is 1. The molecule has 0 atom stereocenters. The molecule has 68 valence electrons. The molecule has 0 unspecified atom stereocenters. The van der Waals surface area contributed by atoms with Gasteiger partial charge in [-0.1, -0.05) is 11.6 Å². The first kappa shape index (κ1) is 9.03. The van der Waals surface area contributed by atoms with Crippen LogP contribution in [0.5, 0.6) is 0 Å². The van der Waals surface area contributed by atoms with Gasteiger partial charge >= 0.3 is 0 Å². The van der Waals surface area contributed by atoms with Crippen LogP contribution in [0.15, 0.2) is 16.9 Å². The highest BCUT2D eigenvalue weighted by molar-refractivity contribution is 9.10. The van der Waals surface area contributed by atoms with Crippen molar-refractivity contribution in [2.75, 3.05) is 0 Å². The topological polar surface area (TPSA) is 17.8 Å². The Morgan fingerprint density at radius 1 is 1.46 bits per heavy atom. The van der Waals surface area contributed by atoms with E-state index >= 15 is 0 Å². The van der Waals surface area contributed by atoms with Crippen molar-refractivity contribution in [3.8, 4) is 0 Å². The number of benzene rings is 1. The van der Waals surface area contributed by atoms with Crippen LogP contribution in [0.3, 0.4) is 0 Å². The second-order valence-corrected chi connectivity index (χ2v) is 4.15. The molecular formula is C9H8BrClN2. The van der Waals surface area contributed by atoms with Crippen LogP contribution in [0, 0.1) is 6.92 Å². The van der Waals surface area contributed by atoms with Crippen molar-refractivity contribution in [2.24, 2.45) is 7.05 Å². The molecular weight excluding hydrogens is 251 g/mol. The maximum absolute atomic E-state index is 6.01. The van der Waals surface area contributed by atoms with Crippen molar-refractivity contribution < 1.29 is 0 Å². The molecule has 2 aromatic rings. The van der Waals surface area contributed by atoms with Gasteiger partial charge in [-0.3, -0.25) is 0 Å². The maximum Gasteiger partial charge on any atom is 0.177 e. The van der Waals surface area contributed by atoms with Gasteiger partial charge in [0.1, 0.15) is 0 Å². The Kier molecular flexibility index (Phi) is 2.08. The molecule has 0 radical (unpaired) electrons. The van der Waals surface area contributed by atoms with Crippen molar-refractivity contribution in [3.63, 3.8) is 0 Å². The van der Waals surface area contributed by atoms with Crippen LogP contribution in [0.1, 0.15) is 5.56 Å². The van der Waals surface area contributed by atoms with Gasteiger partial charge in [0.15, 0.2) is 4.73 Å². The zero-order chi connectivity index (χ0) is 9.59. The van der Waals surface area contributed by atoms with Crippen LogP contribution in [-0.2, 0) is 7.05 Å². The lowest BCUT2D eigenvalue weighted by Crippen LogP contribution is -1.86. The Morgan fingerprint density at radius 2 is 2.15 bits per heavy atom. The van der Waals surface area contributed by atoms with Crippen LogP contribution < -0.4 is 0 Å². The Balaban J connectivity index is 2.89. The van der Waals surface area contributed by atoms with Gasteiger partial charge in [0.2, 0.25) is 0 Å². The molecule has 13 heavy (non-hydrogen) atoms. The molecule has 0 N–H and O–H groups in total. The highest BCUT2D eigenvalue weighted by Gasteiger charge is 2.06. The fourth-order valence-electron chi connectivity index (χ4n) is 1.29. The van der Waals surface area contributed by atoms with Gasteiger partial charge in [0.25, 0.3) is 0 Å². The second-order valence-electron chi connectivity index (χ2n) is 3.03. The Hall–Kier alpha value is -0.540. The Morgan fingerprint density at radius 3 is 2.85 bits per heavy atom. The molecule has 2 rings (SSSR count).